The van der Waals surface area contributed by atoms with Gasteiger partial charge in [0.25, 0.3) is 0 Å². The molecule has 1 heterocycles. The topological polar surface area (TPSA) is 21.7 Å². The molecule has 0 N–H and O–H groups in total. The third-order valence-corrected chi connectivity index (χ3v) is 9.75. The van der Waals surface area contributed by atoms with Gasteiger partial charge in [0.05, 0.1) is 12.2 Å². The van der Waals surface area contributed by atoms with Crippen LogP contribution in [0.15, 0.2) is 48.6 Å². The molecule has 280 valence electrons. The van der Waals surface area contributed by atoms with Gasteiger partial charge in [0, 0.05) is 26.3 Å². The van der Waals surface area contributed by atoms with E-state index in [9.17, 15) is 0 Å². The number of rotatable bonds is 36. The summed E-state index contributed by atoms with van der Waals surface area (Å²) in [5.74, 6) is 0. The predicted molar refractivity (Wildman–Crippen MR) is 214 cm³/mol. The van der Waals surface area contributed by atoms with Gasteiger partial charge in [0.15, 0.2) is 0 Å². The van der Waals surface area contributed by atoms with Gasteiger partial charge >= 0.3 is 0 Å². The van der Waals surface area contributed by atoms with Crippen molar-refractivity contribution in [1.29, 1.82) is 0 Å². The number of unbranched alkanes of at least 4 members (excludes halogenated alkanes) is 22. The highest BCUT2D eigenvalue weighted by Gasteiger charge is 2.32. The molecule has 1 aliphatic heterocycles. The van der Waals surface area contributed by atoms with Crippen molar-refractivity contribution in [1.82, 2.24) is 4.90 Å². The van der Waals surface area contributed by atoms with Gasteiger partial charge in [-0.3, -0.25) is 0 Å². The van der Waals surface area contributed by atoms with Gasteiger partial charge in [-0.1, -0.05) is 165 Å². The fourth-order valence-corrected chi connectivity index (χ4v) is 6.60. The van der Waals surface area contributed by atoms with Crippen LogP contribution in [0.25, 0.3) is 0 Å². The zero-order valence-electron chi connectivity index (χ0n) is 32.7. The summed E-state index contributed by atoms with van der Waals surface area (Å²) in [6.07, 6.45) is 56.1. The Bertz CT molecular complexity index is 694. The van der Waals surface area contributed by atoms with Gasteiger partial charge in [-0.2, -0.15) is 0 Å². The Morgan fingerprint density at radius 3 is 1.02 bits per heavy atom. The molecule has 0 saturated carbocycles. The summed E-state index contributed by atoms with van der Waals surface area (Å²) in [6, 6.07) is 0. The van der Waals surface area contributed by atoms with E-state index >= 15 is 0 Å². The quantitative estimate of drug-likeness (QED) is 0.0489. The molecule has 0 aromatic rings. The van der Waals surface area contributed by atoms with Crippen molar-refractivity contribution >= 4 is 0 Å². The number of nitrogens with zero attached hydrogens (tertiary/aromatic N) is 1. The van der Waals surface area contributed by atoms with Crippen molar-refractivity contribution in [3.63, 3.8) is 0 Å². The van der Waals surface area contributed by atoms with E-state index in [-0.39, 0.29) is 12.2 Å². The van der Waals surface area contributed by atoms with Crippen molar-refractivity contribution in [2.45, 2.75) is 206 Å². The summed E-state index contributed by atoms with van der Waals surface area (Å²) >= 11 is 0. The number of likely N-dealkylation sites (N-methyl/N-ethyl adjacent to an activating group) is 1. The van der Waals surface area contributed by atoms with E-state index in [2.05, 4.69) is 74.4 Å². The molecular weight excluding hydrogens is 587 g/mol. The summed E-state index contributed by atoms with van der Waals surface area (Å²) in [6.45, 7) is 8.36. The van der Waals surface area contributed by atoms with Crippen molar-refractivity contribution < 1.29 is 9.47 Å². The summed E-state index contributed by atoms with van der Waals surface area (Å²) < 4.78 is 12.6. The lowest BCUT2D eigenvalue weighted by Gasteiger charge is -2.20. The molecule has 0 bridgehead atoms. The van der Waals surface area contributed by atoms with E-state index in [1.54, 1.807) is 0 Å². The zero-order valence-corrected chi connectivity index (χ0v) is 32.7. The molecule has 1 fully saturated rings. The molecule has 1 saturated heterocycles. The van der Waals surface area contributed by atoms with Gasteiger partial charge in [-0.25, -0.2) is 0 Å². The van der Waals surface area contributed by atoms with Crippen LogP contribution in [0, 0.1) is 0 Å². The van der Waals surface area contributed by atoms with Gasteiger partial charge in [-0.05, 0) is 84.1 Å². The van der Waals surface area contributed by atoms with Crippen molar-refractivity contribution in [3.8, 4) is 0 Å². The van der Waals surface area contributed by atoms with E-state index in [1.165, 1.54) is 167 Å². The Kier molecular flexibility index (Phi) is 34.7. The Morgan fingerprint density at radius 2 is 0.688 bits per heavy atom. The molecule has 1 aliphatic rings. The minimum atomic E-state index is 0.257. The highest BCUT2D eigenvalue weighted by Crippen LogP contribution is 2.18. The molecule has 0 aliphatic carbocycles. The van der Waals surface area contributed by atoms with E-state index in [4.69, 9.17) is 9.47 Å². The standard InChI is InChI=1S/C45H83NO2/c1-4-6-8-10-12-14-16-18-20-22-24-26-28-30-32-34-36-38-40-47-44-42-46(3)43-45(44)48-41-39-37-35-33-31-29-27-25-23-21-19-17-15-13-11-9-7-5-2/h12-15,18-21,44-45H,4-11,16-17,22-43H2,1-3H3. The van der Waals surface area contributed by atoms with E-state index in [0.29, 0.717) is 0 Å². The largest absolute Gasteiger partial charge is 0.374 e. The van der Waals surface area contributed by atoms with Crippen LogP contribution >= 0.6 is 0 Å². The monoisotopic (exact) mass is 670 g/mol. The second kappa shape index (κ2) is 37.1. The molecule has 0 aromatic heterocycles. The van der Waals surface area contributed by atoms with Crippen LogP contribution in [0.4, 0.5) is 0 Å². The predicted octanol–water partition coefficient (Wildman–Crippen LogP) is 13.9. The average Bonchev–Trinajstić information content (AvgIpc) is 3.45. The highest BCUT2D eigenvalue weighted by molar-refractivity contribution is 4.93. The molecular formula is C45H83NO2. The number of ether oxygens (including phenoxy) is 2. The molecule has 2 unspecified atom stereocenters. The third kappa shape index (κ3) is 30.9. The summed E-state index contributed by atoms with van der Waals surface area (Å²) in [5, 5.41) is 0. The summed E-state index contributed by atoms with van der Waals surface area (Å²) in [5.41, 5.74) is 0. The SMILES string of the molecule is CCCCCC=CCC=CCCCCCCCCCCOC1CN(C)CC1OCCCCCCCCCCC=CCC=CCCCCC. The Hall–Kier alpha value is -1.16. The van der Waals surface area contributed by atoms with Crippen LogP contribution in [0.1, 0.15) is 194 Å². The van der Waals surface area contributed by atoms with E-state index in [0.717, 1.165) is 39.1 Å². The van der Waals surface area contributed by atoms with Crippen molar-refractivity contribution in [2.24, 2.45) is 0 Å². The maximum Gasteiger partial charge on any atom is 0.0975 e. The maximum atomic E-state index is 6.32. The van der Waals surface area contributed by atoms with Gasteiger partial charge in [0.1, 0.15) is 0 Å². The van der Waals surface area contributed by atoms with Crippen molar-refractivity contribution in [2.75, 3.05) is 33.4 Å². The van der Waals surface area contributed by atoms with Crippen LogP contribution < -0.4 is 0 Å². The minimum Gasteiger partial charge on any atom is -0.374 e. The Balaban J connectivity index is 1.87. The van der Waals surface area contributed by atoms with Crippen LogP contribution in [0.3, 0.4) is 0 Å². The van der Waals surface area contributed by atoms with Gasteiger partial charge in [0.2, 0.25) is 0 Å². The molecule has 0 amide bonds. The number of allylic oxidation sites excluding steroid dienone is 8. The number of hydrogen-bond acceptors (Lipinski definition) is 3. The van der Waals surface area contributed by atoms with E-state index in [1.807, 2.05) is 0 Å². The van der Waals surface area contributed by atoms with Crippen molar-refractivity contribution in [3.05, 3.63) is 48.6 Å². The summed E-state index contributed by atoms with van der Waals surface area (Å²) in [7, 11) is 2.20. The fourth-order valence-electron chi connectivity index (χ4n) is 6.60. The lowest BCUT2D eigenvalue weighted by molar-refractivity contribution is -0.0481. The second-order valence-electron chi connectivity index (χ2n) is 14.6. The lowest BCUT2D eigenvalue weighted by Crippen LogP contribution is -2.30. The Morgan fingerprint density at radius 1 is 0.396 bits per heavy atom. The first-order valence-electron chi connectivity index (χ1n) is 21.3. The average molecular weight is 670 g/mol. The number of hydrogen-bond donors (Lipinski definition) is 0. The molecule has 0 radical (unpaired) electrons. The Labute approximate surface area is 301 Å². The van der Waals surface area contributed by atoms with Crippen LogP contribution in [0.2, 0.25) is 0 Å². The molecule has 0 aromatic carbocycles. The van der Waals surface area contributed by atoms with Crippen LogP contribution in [-0.2, 0) is 9.47 Å². The molecule has 1 rings (SSSR count). The third-order valence-electron chi connectivity index (χ3n) is 9.75. The first-order valence-corrected chi connectivity index (χ1v) is 21.3. The molecule has 48 heavy (non-hydrogen) atoms. The van der Waals surface area contributed by atoms with Crippen LogP contribution in [0.5, 0.6) is 0 Å². The zero-order chi connectivity index (χ0) is 34.4. The van der Waals surface area contributed by atoms with E-state index < -0.39 is 0 Å². The lowest BCUT2D eigenvalue weighted by atomic mass is 10.1. The molecule has 0 spiro atoms. The normalized spacial score (nSPS) is 17.5. The van der Waals surface area contributed by atoms with Gasteiger partial charge < -0.3 is 14.4 Å². The maximum absolute atomic E-state index is 6.32. The fraction of sp³-hybridized carbons (Fsp3) is 0.822. The first-order chi connectivity index (χ1) is 23.8. The first kappa shape index (κ1) is 44.9. The molecule has 3 nitrogen and oxygen atoms in total. The second-order valence-corrected chi connectivity index (χ2v) is 14.6. The minimum absolute atomic E-state index is 0.257. The van der Waals surface area contributed by atoms with Crippen LogP contribution in [-0.4, -0.2) is 50.5 Å². The number of likely N-dealkylation sites (tertiary alicyclic amines) is 1. The smallest absolute Gasteiger partial charge is 0.0975 e. The summed E-state index contributed by atoms with van der Waals surface area (Å²) in [4.78, 5) is 2.38. The van der Waals surface area contributed by atoms with Gasteiger partial charge in [-0.15, -0.1) is 0 Å². The highest BCUT2D eigenvalue weighted by atomic mass is 16.5. The molecule has 2 atom stereocenters. The molecule has 3 heteroatoms.